The van der Waals surface area contributed by atoms with Crippen LogP contribution in [0.15, 0.2) is 59.5 Å². The van der Waals surface area contributed by atoms with E-state index >= 15 is 0 Å². The third-order valence-electron chi connectivity index (χ3n) is 4.22. The van der Waals surface area contributed by atoms with Crippen LogP contribution >= 0.6 is 0 Å². The van der Waals surface area contributed by atoms with Crippen molar-refractivity contribution in [2.24, 2.45) is 0 Å². The van der Waals surface area contributed by atoms with Gasteiger partial charge in [0.15, 0.2) is 9.84 Å². The molecule has 0 heterocycles. The molecule has 0 fully saturated rings. The van der Waals surface area contributed by atoms with Gasteiger partial charge in [-0.15, -0.1) is 0 Å². The molecule has 7 nitrogen and oxygen atoms in total. The minimum Gasteiger partial charge on any atom is -0.339 e. The molecule has 0 N–H and O–H groups in total. The molecular formula is C18H20N2O5S. The summed E-state index contributed by atoms with van der Waals surface area (Å²) in [6.07, 6.45) is -0.160. The molecule has 0 aromatic heterocycles. The van der Waals surface area contributed by atoms with Crippen molar-refractivity contribution in [1.29, 1.82) is 0 Å². The molecule has 0 saturated heterocycles. The number of carbonyl (C=O) groups is 1. The van der Waals surface area contributed by atoms with Crippen LogP contribution in [0, 0.1) is 10.1 Å². The van der Waals surface area contributed by atoms with Gasteiger partial charge in [0.2, 0.25) is 5.91 Å². The molecule has 0 spiro atoms. The lowest BCUT2D eigenvalue weighted by molar-refractivity contribution is -0.384. The van der Waals surface area contributed by atoms with Crippen LogP contribution in [0.2, 0.25) is 0 Å². The number of nitro groups is 1. The lowest BCUT2D eigenvalue weighted by Gasteiger charge is -2.25. The van der Waals surface area contributed by atoms with E-state index in [0.29, 0.717) is 5.56 Å². The zero-order chi connectivity index (χ0) is 19.3. The van der Waals surface area contributed by atoms with Crippen LogP contribution in [-0.2, 0) is 14.6 Å². The molecule has 2 aromatic carbocycles. The molecule has 0 unspecified atom stereocenters. The Morgan fingerprint density at radius 1 is 1.15 bits per heavy atom. The van der Waals surface area contributed by atoms with Crippen molar-refractivity contribution < 1.29 is 18.1 Å². The number of nitrogens with zero attached hydrogens (tertiary/aromatic N) is 2. The van der Waals surface area contributed by atoms with Crippen molar-refractivity contribution in [1.82, 2.24) is 4.90 Å². The number of rotatable bonds is 7. The fourth-order valence-corrected chi connectivity index (χ4v) is 3.73. The fraction of sp³-hybridized carbons (Fsp3) is 0.278. The van der Waals surface area contributed by atoms with E-state index in [1.807, 2.05) is 0 Å². The van der Waals surface area contributed by atoms with Gasteiger partial charge in [-0.1, -0.05) is 30.3 Å². The van der Waals surface area contributed by atoms with Crippen LogP contribution in [0.3, 0.4) is 0 Å². The molecule has 0 bridgehead atoms. The number of benzene rings is 2. The van der Waals surface area contributed by atoms with Crippen molar-refractivity contribution in [3.63, 3.8) is 0 Å². The maximum absolute atomic E-state index is 12.4. The van der Waals surface area contributed by atoms with Gasteiger partial charge in [-0.05, 0) is 24.6 Å². The summed E-state index contributed by atoms with van der Waals surface area (Å²) in [7, 11) is -1.98. The van der Waals surface area contributed by atoms with Gasteiger partial charge in [0.05, 0.1) is 21.6 Å². The van der Waals surface area contributed by atoms with Gasteiger partial charge in [0.25, 0.3) is 5.69 Å². The van der Waals surface area contributed by atoms with E-state index in [2.05, 4.69) is 0 Å². The minimum atomic E-state index is -3.53. The maximum atomic E-state index is 12.4. The van der Waals surface area contributed by atoms with E-state index in [1.54, 1.807) is 44.3 Å². The Morgan fingerprint density at radius 2 is 1.81 bits per heavy atom. The molecule has 0 aliphatic carbocycles. The average Bonchev–Trinajstić information content (AvgIpc) is 2.65. The lowest BCUT2D eigenvalue weighted by atomic mass is 10.1. The normalized spacial score (nSPS) is 12.4. The highest BCUT2D eigenvalue weighted by molar-refractivity contribution is 7.91. The molecule has 1 atom stereocenters. The number of hydrogen-bond acceptors (Lipinski definition) is 5. The van der Waals surface area contributed by atoms with E-state index in [-0.39, 0.29) is 28.7 Å². The Bertz CT molecular complexity index is 897. The highest BCUT2D eigenvalue weighted by Gasteiger charge is 2.22. The molecule has 1 amide bonds. The van der Waals surface area contributed by atoms with Crippen LogP contribution in [0.1, 0.15) is 24.9 Å². The maximum Gasteiger partial charge on any atom is 0.269 e. The summed E-state index contributed by atoms with van der Waals surface area (Å²) in [6, 6.07) is 13.6. The first-order chi connectivity index (χ1) is 12.2. The van der Waals surface area contributed by atoms with Crippen LogP contribution in [0.4, 0.5) is 5.69 Å². The first-order valence-electron chi connectivity index (χ1n) is 8.00. The van der Waals surface area contributed by atoms with Crippen molar-refractivity contribution in [3.05, 3.63) is 70.3 Å². The SMILES string of the molecule is C[C@@H](c1cccc([N+](=O)[O-])c1)N(C)C(=O)CCS(=O)(=O)c1ccccc1. The minimum absolute atomic E-state index is 0.0538. The summed E-state index contributed by atoms with van der Waals surface area (Å²) in [5, 5.41) is 10.9. The van der Waals surface area contributed by atoms with E-state index in [1.165, 1.54) is 29.2 Å². The van der Waals surface area contributed by atoms with E-state index in [0.717, 1.165) is 0 Å². The second kappa shape index (κ2) is 8.09. The number of nitro benzene ring substituents is 1. The van der Waals surface area contributed by atoms with Crippen LogP contribution < -0.4 is 0 Å². The molecule has 8 heteroatoms. The first kappa shape index (κ1) is 19.6. The number of amides is 1. The molecule has 0 radical (unpaired) electrons. The van der Waals surface area contributed by atoms with E-state index in [9.17, 15) is 23.3 Å². The van der Waals surface area contributed by atoms with Gasteiger partial charge in [0, 0.05) is 25.6 Å². The van der Waals surface area contributed by atoms with Crippen LogP contribution in [-0.4, -0.2) is 36.9 Å². The summed E-state index contributed by atoms with van der Waals surface area (Å²) in [4.78, 5) is 24.4. The smallest absolute Gasteiger partial charge is 0.269 e. The summed E-state index contributed by atoms with van der Waals surface area (Å²) >= 11 is 0. The molecule has 0 aliphatic rings. The van der Waals surface area contributed by atoms with Crippen LogP contribution in [0.25, 0.3) is 0 Å². The molecule has 0 aliphatic heterocycles. The molecule has 26 heavy (non-hydrogen) atoms. The Kier molecular flexibility index (Phi) is 6.10. The number of non-ortho nitro benzene ring substituents is 1. The third kappa shape index (κ3) is 4.66. The monoisotopic (exact) mass is 376 g/mol. The third-order valence-corrected chi connectivity index (χ3v) is 5.96. The Labute approximate surface area is 152 Å². The summed E-state index contributed by atoms with van der Waals surface area (Å²) in [6.45, 7) is 1.74. The topological polar surface area (TPSA) is 97.6 Å². The number of sulfone groups is 1. The fourth-order valence-electron chi connectivity index (χ4n) is 2.48. The van der Waals surface area contributed by atoms with Gasteiger partial charge in [-0.25, -0.2) is 8.42 Å². The second-order valence-corrected chi connectivity index (χ2v) is 8.02. The van der Waals surface area contributed by atoms with Gasteiger partial charge in [-0.2, -0.15) is 0 Å². The number of hydrogen-bond donors (Lipinski definition) is 0. The molecule has 2 rings (SSSR count). The highest BCUT2D eigenvalue weighted by atomic mass is 32.2. The standard InChI is InChI=1S/C18H20N2O5S/c1-14(15-7-6-8-16(13-15)20(22)23)19(2)18(21)11-12-26(24,25)17-9-4-3-5-10-17/h3-10,13-14H,11-12H2,1-2H3/t14-/m0/s1. The molecular weight excluding hydrogens is 356 g/mol. The second-order valence-electron chi connectivity index (χ2n) is 5.91. The zero-order valence-electron chi connectivity index (χ0n) is 14.5. The predicted molar refractivity (Wildman–Crippen MR) is 97.4 cm³/mol. The predicted octanol–water partition coefficient (Wildman–Crippen LogP) is 2.98. The Balaban J connectivity index is 2.05. The summed E-state index contributed by atoms with van der Waals surface area (Å²) in [5.74, 6) is -0.634. The van der Waals surface area contributed by atoms with Crippen molar-refractivity contribution in [3.8, 4) is 0 Å². The van der Waals surface area contributed by atoms with E-state index < -0.39 is 20.8 Å². The zero-order valence-corrected chi connectivity index (χ0v) is 15.3. The summed E-state index contributed by atoms with van der Waals surface area (Å²) in [5.41, 5.74) is 0.558. The Morgan fingerprint density at radius 3 is 2.42 bits per heavy atom. The largest absolute Gasteiger partial charge is 0.339 e. The molecule has 2 aromatic rings. The van der Waals surface area contributed by atoms with Crippen molar-refractivity contribution >= 4 is 21.4 Å². The Hall–Kier alpha value is -2.74. The van der Waals surface area contributed by atoms with Crippen molar-refractivity contribution in [2.45, 2.75) is 24.3 Å². The molecule has 138 valence electrons. The quantitative estimate of drug-likeness (QED) is 0.546. The van der Waals surface area contributed by atoms with Crippen LogP contribution in [0.5, 0.6) is 0 Å². The van der Waals surface area contributed by atoms with Gasteiger partial charge in [0.1, 0.15) is 0 Å². The lowest BCUT2D eigenvalue weighted by Crippen LogP contribution is -2.31. The van der Waals surface area contributed by atoms with Gasteiger partial charge < -0.3 is 4.90 Å². The average molecular weight is 376 g/mol. The van der Waals surface area contributed by atoms with Gasteiger partial charge >= 0.3 is 0 Å². The molecule has 0 saturated carbocycles. The van der Waals surface area contributed by atoms with Gasteiger partial charge in [-0.3, -0.25) is 14.9 Å². The first-order valence-corrected chi connectivity index (χ1v) is 9.65. The van der Waals surface area contributed by atoms with Crippen molar-refractivity contribution in [2.75, 3.05) is 12.8 Å². The highest BCUT2D eigenvalue weighted by Crippen LogP contribution is 2.23. The van der Waals surface area contributed by atoms with E-state index in [4.69, 9.17) is 0 Å². The number of carbonyl (C=O) groups excluding carboxylic acids is 1. The summed E-state index contributed by atoms with van der Waals surface area (Å²) < 4.78 is 24.5.